The van der Waals surface area contributed by atoms with E-state index in [1.54, 1.807) is 0 Å². The van der Waals surface area contributed by atoms with Crippen molar-refractivity contribution in [3.05, 3.63) is 76.5 Å². The summed E-state index contributed by atoms with van der Waals surface area (Å²) in [6.07, 6.45) is 2.01. The van der Waals surface area contributed by atoms with Crippen LogP contribution in [0, 0.1) is 10.1 Å². The minimum Gasteiger partial charge on any atom is -0.380 e. The SMILES string of the molecule is CCOC[C@@H](Cc1ccccc1)Nc1c([N+](=O)[O-])cnc2ccccc12. The van der Waals surface area contributed by atoms with Gasteiger partial charge in [0.05, 0.1) is 23.1 Å². The van der Waals surface area contributed by atoms with Crippen molar-refractivity contribution < 1.29 is 9.66 Å². The number of ether oxygens (including phenoxy) is 1. The Kier molecular flexibility index (Phi) is 5.76. The van der Waals surface area contributed by atoms with Gasteiger partial charge in [0.2, 0.25) is 0 Å². The monoisotopic (exact) mass is 351 g/mol. The molecule has 26 heavy (non-hydrogen) atoms. The Bertz CT molecular complexity index is 884. The summed E-state index contributed by atoms with van der Waals surface area (Å²) in [5, 5.41) is 15.6. The molecule has 0 aliphatic rings. The van der Waals surface area contributed by atoms with Gasteiger partial charge in [-0.15, -0.1) is 0 Å². The number of hydrogen-bond acceptors (Lipinski definition) is 5. The first-order valence-corrected chi connectivity index (χ1v) is 8.59. The maximum absolute atomic E-state index is 11.5. The minimum atomic E-state index is -0.401. The highest BCUT2D eigenvalue weighted by Crippen LogP contribution is 2.32. The van der Waals surface area contributed by atoms with Gasteiger partial charge in [0.15, 0.2) is 0 Å². The van der Waals surface area contributed by atoms with E-state index in [4.69, 9.17) is 4.74 Å². The molecule has 134 valence electrons. The number of anilines is 1. The van der Waals surface area contributed by atoms with Crippen molar-refractivity contribution in [2.75, 3.05) is 18.5 Å². The van der Waals surface area contributed by atoms with Crippen LogP contribution in [0.15, 0.2) is 60.8 Å². The molecule has 6 nitrogen and oxygen atoms in total. The largest absolute Gasteiger partial charge is 0.380 e. The quantitative estimate of drug-likeness (QED) is 0.486. The summed E-state index contributed by atoms with van der Waals surface area (Å²) in [5.41, 5.74) is 2.32. The summed E-state index contributed by atoms with van der Waals surface area (Å²) in [6, 6.07) is 17.3. The number of para-hydroxylation sites is 1. The first-order chi connectivity index (χ1) is 12.7. The van der Waals surface area contributed by atoms with Gasteiger partial charge in [0.1, 0.15) is 11.9 Å². The van der Waals surface area contributed by atoms with Crippen molar-refractivity contribution in [2.24, 2.45) is 0 Å². The zero-order valence-electron chi connectivity index (χ0n) is 14.6. The van der Waals surface area contributed by atoms with Crippen LogP contribution in [0.1, 0.15) is 12.5 Å². The molecule has 1 atom stereocenters. The van der Waals surface area contributed by atoms with Crippen molar-refractivity contribution >= 4 is 22.3 Å². The molecule has 3 aromatic rings. The standard InChI is InChI=1S/C20H21N3O3/c1-2-26-14-16(12-15-8-4-3-5-9-15)22-20-17-10-6-7-11-18(17)21-13-19(20)23(24)25/h3-11,13,16H,2,12,14H2,1H3,(H,21,22)/t16-/m1/s1. The third kappa shape index (κ3) is 4.15. The third-order valence-corrected chi connectivity index (χ3v) is 4.15. The fraction of sp³-hybridized carbons (Fsp3) is 0.250. The van der Waals surface area contributed by atoms with Crippen LogP contribution in [0.4, 0.5) is 11.4 Å². The van der Waals surface area contributed by atoms with Crippen LogP contribution in [0.3, 0.4) is 0 Å². The molecule has 0 aliphatic heterocycles. The summed E-state index contributed by atoms with van der Waals surface area (Å²) >= 11 is 0. The fourth-order valence-corrected chi connectivity index (χ4v) is 2.94. The number of nitrogens with zero attached hydrogens (tertiary/aromatic N) is 2. The lowest BCUT2D eigenvalue weighted by atomic mass is 10.1. The second-order valence-corrected chi connectivity index (χ2v) is 5.98. The highest BCUT2D eigenvalue weighted by Gasteiger charge is 2.21. The Morgan fingerprint density at radius 3 is 2.62 bits per heavy atom. The summed E-state index contributed by atoms with van der Waals surface area (Å²) < 4.78 is 5.60. The smallest absolute Gasteiger partial charge is 0.311 e. The van der Waals surface area contributed by atoms with Crippen LogP contribution in [-0.2, 0) is 11.2 Å². The van der Waals surface area contributed by atoms with Crippen LogP contribution >= 0.6 is 0 Å². The second kappa shape index (κ2) is 8.40. The van der Waals surface area contributed by atoms with E-state index in [2.05, 4.69) is 10.3 Å². The van der Waals surface area contributed by atoms with E-state index >= 15 is 0 Å². The van der Waals surface area contributed by atoms with Gasteiger partial charge in [-0.1, -0.05) is 48.5 Å². The molecule has 0 bridgehead atoms. The van der Waals surface area contributed by atoms with Crippen LogP contribution < -0.4 is 5.32 Å². The molecule has 1 N–H and O–H groups in total. The second-order valence-electron chi connectivity index (χ2n) is 5.98. The normalized spacial score (nSPS) is 12.0. The molecule has 0 fully saturated rings. The summed E-state index contributed by atoms with van der Waals surface area (Å²) in [4.78, 5) is 15.3. The zero-order chi connectivity index (χ0) is 18.4. The minimum absolute atomic E-state index is 0.0294. The van der Waals surface area contributed by atoms with Crippen LogP contribution in [0.25, 0.3) is 10.9 Å². The maximum atomic E-state index is 11.5. The van der Waals surface area contributed by atoms with Gasteiger partial charge >= 0.3 is 5.69 Å². The molecular weight excluding hydrogens is 330 g/mol. The molecule has 0 saturated heterocycles. The number of benzene rings is 2. The Balaban J connectivity index is 1.96. The molecule has 0 saturated carbocycles. The predicted molar refractivity (Wildman–Crippen MR) is 102 cm³/mol. The van der Waals surface area contributed by atoms with Crippen LogP contribution in [0.2, 0.25) is 0 Å². The fourth-order valence-electron chi connectivity index (χ4n) is 2.94. The molecule has 0 radical (unpaired) electrons. The van der Waals surface area contributed by atoms with Crippen molar-refractivity contribution in [1.29, 1.82) is 0 Å². The van der Waals surface area contributed by atoms with Gasteiger partial charge in [-0.25, -0.2) is 4.98 Å². The van der Waals surface area contributed by atoms with Gasteiger partial charge in [-0.3, -0.25) is 10.1 Å². The molecule has 1 aromatic heterocycles. The van der Waals surface area contributed by atoms with Gasteiger partial charge in [0.25, 0.3) is 0 Å². The van der Waals surface area contributed by atoms with Gasteiger partial charge in [-0.2, -0.15) is 0 Å². The molecule has 0 spiro atoms. The number of rotatable bonds is 8. The number of nitro groups is 1. The van der Waals surface area contributed by atoms with E-state index in [0.717, 1.165) is 16.5 Å². The van der Waals surface area contributed by atoms with Crippen molar-refractivity contribution in [2.45, 2.75) is 19.4 Å². The Labute approximate surface area is 152 Å². The van der Waals surface area contributed by atoms with E-state index < -0.39 is 4.92 Å². The predicted octanol–water partition coefficient (Wildman–Crippen LogP) is 4.20. The van der Waals surface area contributed by atoms with Crippen molar-refractivity contribution in [3.63, 3.8) is 0 Å². The van der Waals surface area contributed by atoms with E-state index in [-0.39, 0.29) is 11.7 Å². The molecule has 6 heteroatoms. The Morgan fingerprint density at radius 1 is 1.15 bits per heavy atom. The average Bonchev–Trinajstić information content (AvgIpc) is 2.67. The molecule has 2 aromatic carbocycles. The molecule has 3 rings (SSSR count). The van der Waals surface area contributed by atoms with Gasteiger partial charge in [0, 0.05) is 12.0 Å². The molecule has 0 amide bonds. The number of aromatic nitrogens is 1. The lowest BCUT2D eigenvalue weighted by molar-refractivity contribution is -0.384. The molecule has 0 aliphatic carbocycles. The summed E-state index contributed by atoms with van der Waals surface area (Å²) in [5.74, 6) is 0. The Hall–Kier alpha value is -2.99. The van der Waals surface area contributed by atoms with Crippen molar-refractivity contribution in [3.8, 4) is 0 Å². The Morgan fingerprint density at radius 2 is 1.88 bits per heavy atom. The number of pyridine rings is 1. The average molecular weight is 351 g/mol. The third-order valence-electron chi connectivity index (χ3n) is 4.15. The van der Waals surface area contributed by atoms with E-state index in [1.807, 2.05) is 61.5 Å². The first kappa shape index (κ1) is 17.8. The van der Waals surface area contributed by atoms with Gasteiger partial charge < -0.3 is 10.1 Å². The molecule has 1 heterocycles. The molecule has 0 unspecified atom stereocenters. The highest BCUT2D eigenvalue weighted by atomic mass is 16.6. The first-order valence-electron chi connectivity index (χ1n) is 8.59. The maximum Gasteiger partial charge on any atom is 0.311 e. The van der Waals surface area contributed by atoms with E-state index in [1.165, 1.54) is 6.20 Å². The summed E-state index contributed by atoms with van der Waals surface area (Å²) in [6.45, 7) is 2.98. The lowest BCUT2D eigenvalue weighted by Crippen LogP contribution is -2.28. The van der Waals surface area contributed by atoms with Crippen LogP contribution in [-0.4, -0.2) is 29.2 Å². The number of nitrogens with one attached hydrogen (secondary N) is 1. The van der Waals surface area contributed by atoms with E-state index in [0.29, 0.717) is 25.3 Å². The van der Waals surface area contributed by atoms with E-state index in [9.17, 15) is 10.1 Å². The summed E-state index contributed by atoms with van der Waals surface area (Å²) in [7, 11) is 0. The van der Waals surface area contributed by atoms with Crippen molar-refractivity contribution in [1.82, 2.24) is 4.98 Å². The number of fused-ring (bicyclic) bond motifs is 1. The lowest BCUT2D eigenvalue weighted by Gasteiger charge is -2.21. The van der Waals surface area contributed by atoms with Gasteiger partial charge in [-0.05, 0) is 25.0 Å². The number of hydrogen-bond donors (Lipinski definition) is 1. The topological polar surface area (TPSA) is 77.3 Å². The van der Waals surface area contributed by atoms with Crippen LogP contribution in [0.5, 0.6) is 0 Å². The molecular formula is C20H21N3O3. The highest BCUT2D eigenvalue weighted by molar-refractivity contribution is 5.95. The zero-order valence-corrected chi connectivity index (χ0v) is 14.6.